The number of carbonyl (C=O) groups is 2. The molecular weight excluding hydrogens is 452 g/mol. The van der Waals surface area contributed by atoms with E-state index in [9.17, 15) is 14.7 Å². The van der Waals surface area contributed by atoms with E-state index in [1.54, 1.807) is 22.9 Å². The molecule has 36 heavy (non-hydrogen) atoms. The van der Waals surface area contributed by atoms with Crippen molar-refractivity contribution in [2.24, 2.45) is 0 Å². The van der Waals surface area contributed by atoms with Crippen molar-refractivity contribution in [3.63, 3.8) is 0 Å². The first-order valence-electron chi connectivity index (χ1n) is 12.0. The van der Waals surface area contributed by atoms with E-state index < -0.39 is 17.7 Å². The van der Waals surface area contributed by atoms with Gasteiger partial charge in [-0.3, -0.25) is 14.5 Å². The van der Waals surface area contributed by atoms with Gasteiger partial charge in [-0.15, -0.1) is 0 Å². The number of hydrogen-bond donors (Lipinski definition) is 0. The zero-order valence-corrected chi connectivity index (χ0v) is 20.2. The van der Waals surface area contributed by atoms with Crippen LogP contribution in [0.4, 0.5) is 0 Å². The number of amides is 2. The van der Waals surface area contributed by atoms with Gasteiger partial charge in [0.25, 0.3) is 11.6 Å². The highest BCUT2D eigenvalue weighted by Gasteiger charge is 2.46. The molecule has 0 aliphatic carbocycles. The number of rotatable bonds is 7. The molecule has 1 aliphatic heterocycles. The highest BCUT2D eigenvalue weighted by molar-refractivity contribution is 6.44. The average Bonchev–Trinajstić information content (AvgIpc) is 3.37. The Hall–Kier alpha value is -4.52. The van der Waals surface area contributed by atoms with E-state index in [1.165, 1.54) is 9.58 Å². The zero-order chi connectivity index (χ0) is 25.2. The Labute approximate surface area is 209 Å². The first-order chi connectivity index (χ1) is 17.5. The Morgan fingerprint density at radius 2 is 1.50 bits per heavy atom. The Bertz CT molecular complexity index is 1470. The molecular formula is C29H26N4O3. The molecule has 0 N–H and O–H groups in total. The van der Waals surface area contributed by atoms with Gasteiger partial charge < -0.3 is 5.11 Å². The van der Waals surface area contributed by atoms with Crippen molar-refractivity contribution < 1.29 is 19.3 Å². The van der Waals surface area contributed by atoms with Gasteiger partial charge in [-0.05, 0) is 42.5 Å². The molecule has 0 fully saturated rings. The smallest absolute Gasteiger partial charge is 0.327 e. The summed E-state index contributed by atoms with van der Waals surface area (Å²) in [6.07, 6.45) is 4.77. The second-order valence-corrected chi connectivity index (χ2v) is 8.61. The molecule has 2 amide bonds. The molecule has 0 atom stereocenters. The van der Waals surface area contributed by atoms with Gasteiger partial charge in [0.05, 0.1) is 17.9 Å². The van der Waals surface area contributed by atoms with E-state index in [4.69, 9.17) is 0 Å². The maximum Gasteiger partial charge on any atom is 0.327 e. The molecule has 180 valence electrons. The van der Waals surface area contributed by atoms with Crippen LogP contribution in [0.25, 0.3) is 17.0 Å². The number of nitrogens with zero attached hydrogens (tertiary/aromatic N) is 4. The molecule has 7 nitrogen and oxygen atoms in total. The lowest BCUT2D eigenvalue weighted by molar-refractivity contribution is -0.577. The van der Waals surface area contributed by atoms with Crippen LogP contribution in [-0.2, 0) is 29.0 Å². The Kier molecular flexibility index (Phi) is 6.21. The lowest BCUT2D eigenvalue weighted by Gasteiger charge is -2.15. The number of pyridine rings is 1. The van der Waals surface area contributed by atoms with Gasteiger partial charge in [0.2, 0.25) is 0 Å². The maximum atomic E-state index is 13.9. The first kappa shape index (κ1) is 23.2. The third kappa shape index (κ3) is 3.98. The van der Waals surface area contributed by atoms with E-state index in [0.29, 0.717) is 17.8 Å². The van der Waals surface area contributed by atoms with E-state index in [0.717, 1.165) is 17.5 Å². The zero-order valence-electron chi connectivity index (χ0n) is 20.2. The highest BCUT2D eigenvalue weighted by Crippen LogP contribution is 2.37. The van der Waals surface area contributed by atoms with Crippen LogP contribution in [0.2, 0.25) is 0 Å². The molecule has 0 saturated heterocycles. The lowest BCUT2D eigenvalue weighted by Crippen LogP contribution is -2.39. The monoisotopic (exact) mass is 478 g/mol. The summed E-state index contributed by atoms with van der Waals surface area (Å²) >= 11 is 0. The molecule has 5 rings (SSSR count). The standard InChI is InChI=1S/C29H26N4O3/c1-3-20-14-11-17-31(18-20)26-25(27(34)32(29(26)36)19-21-12-7-5-8-13-21)24-23(4-2)30-33(28(24)35)22-15-9-6-10-16-22/h5-18H,3-4,19H2,1-2H3. The van der Waals surface area contributed by atoms with Crippen molar-refractivity contribution >= 4 is 23.1 Å². The van der Waals surface area contributed by atoms with Crippen LogP contribution in [-0.4, -0.2) is 26.5 Å². The second kappa shape index (κ2) is 9.62. The SMILES string of the molecule is CCc1ccc[n+](C2=C(c3c(CC)nn(-c4ccccc4)c3[O-])C(=O)N(Cc3ccccc3)C2=O)c1. The fraction of sp³-hybridized carbons (Fsp3) is 0.172. The van der Waals surface area contributed by atoms with Crippen LogP contribution < -0.4 is 9.67 Å². The third-order valence-electron chi connectivity index (χ3n) is 6.36. The van der Waals surface area contributed by atoms with Crippen molar-refractivity contribution in [3.8, 4) is 11.6 Å². The Morgan fingerprint density at radius 1 is 0.833 bits per heavy atom. The summed E-state index contributed by atoms with van der Waals surface area (Å²) in [5.41, 5.74) is 3.35. The van der Waals surface area contributed by atoms with Crippen LogP contribution in [0, 0.1) is 0 Å². The van der Waals surface area contributed by atoms with Gasteiger partial charge in [-0.25, -0.2) is 4.68 Å². The van der Waals surface area contributed by atoms with E-state index in [1.807, 2.05) is 80.7 Å². The molecule has 0 unspecified atom stereocenters. The summed E-state index contributed by atoms with van der Waals surface area (Å²) in [5, 5.41) is 18.3. The molecule has 0 bridgehead atoms. The molecule has 7 heteroatoms. The van der Waals surface area contributed by atoms with Crippen LogP contribution >= 0.6 is 0 Å². The number of para-hydroxylation sites is 1. The highest BCUT2D eigenvalue weighted by atomic mass is 16.3. The second-order valence-electron chi connectivity index (χ2n) is 8.61. The Balaban J connectivity index is 1.72. The number of aryl methyl sites for hydroxylation is 2. The van der Waals surface area contributed by atoms with Gasteiger partial charge in [0.1, 0.15) is 5.57 Å². The Morgan fingerprint density at radius 3 is 2.17 bits per heavy atom. The van der Waals surface area contributed by atoms with E-state index in [2.05, 4.69) is 5.10 Å². The van der Waals surface area contributed by atoms with E-state index in [-0.39, 0.29) is 23.4 Å². The summed E-state index contributed by atoms with van der Waals surface area (Å²) in [4.78, 5) is 28.9. The van der Waals surface area contributed by atoms with Gasteiger partial charge in [-0.2, -0.15) is 9.67 Å². The molecule has 2 aromatic carbocycles. The van der Waals surface area contributed by atoms with E-state index >= 15 is 0 Å². The number of hydrogen-bond acceptors (Lipinski definition) is 4. The van der Waals surface area contributed by atoms with Gasteiger partial charge in [-0.1, -0.05) is 62.4 Å². The fourth-order valence-corrected chi connectivity index (χ4v) is 4.50. The van der Waals surface area contributed by atoms with Crippen LogP contribution in [0.5, 0.6) is 5.88 Å². The van der Waals surface area contributed by atoms with Crippen LogP contribution in [0.1, 0.15) is 36.2 Å². The summed E-state index contributed by atoms with van der Waals surface area (Å²) < 4.78 is 2.97. The minimum absolute atomic E-state index is 0.0956. The molecule has 2 aromatic heterocycles. The molecule has 0 radical (unpaired) electrons. The molecule has 4 aromatic rings. The minimum Gasteiger partial charge on any atom is -0.858 e. The third-order valence-corrected chi connectivity index (χ3v) is 6.36. The number of benzene rings is 2. The average molecular weight is 479 g/mol. The first-order valence-corrected chi connectivity index (χ1v) is 12.0. The summed E-state index contributed by atoms with van der Waals surface area (Å²) in [6, 6.07) is 22.2. The molecule has 1 aliphatic rings. The molecule has 0 spiro atoms. The normalized spacial score (nSPS) is 13.7. The quantitative estimate of drug-likeness (QED) is 0.302. The molecule has 3 heterocycles. The lowest BCUT2D eigenvalue weighted by atomic mass is 10.0. The topological polar surface area (TPSA) is 82.1 Å². The fourth-order valence-electron chi connectivity index (χ4n) is 4.50. The van der Waals surface area contributed by atoms with Gasteiger partial charge in [0, 0.05) is 17.2 Å². The van der Waals surface area contributed by atoms with Gasteiger partial charge >= 0.3 is 5.91 Å². The largest absolute Gasteiger partial charge is 0.858 e. The van der Waals surface area contributed by atoms with Crippen molar-refractivity contribution in [3.05, 3.63) is 108 Å². The number of imide groups is 1. The van der Waals surface area contributed by atoms with Crippen molar-refractivity contribution in [1.29, 1.82) is 0 Å². The summed E-state index contributed by atoms with van der Waals surface area (Å²) in [5.74, 6) is -1.35. The van der Waals surface area contributed by atoms with Crippen molar-refractivity contribution in [2.45, 2.75) is 33.2 Å². The molecule has 0 saturated carbocycles. The maximum absolute atomic E-state index is 13.9. The predicted molar refractivity (Wildman–Crippen MR) is 134 cm³/mol. The van der Waals surface area contributed by atoms with Crippen LogP contribution in [0.15, 0.2) is 85.2 Å². The van der Waals surface area contributed by atoms with Crippen LogP contribution in [0.3, 0.4) is 0 Å². The number of aromatic nitrogens is 3. The van der Waals surface area contributed by atoms with Crippen molar-refractivity contribution in [1.82, 2.24) is 14.7 Å². The summed E-state index contributed by atoms with van der Waals surface area (Å²) in [7, 11) is 0. The summed E-state index contributed by atoms with van der Waals surface area (Å²) in [6.45, 7) is 4.02. The predicted octanol–water partition coefficient (Wildman–Crippen LogP) is 3.30. The van der Waals surface area contributed by atoms with Gasteiger partial charge in [0.15, 0.2) is 12.4 Å². The van der Waals surface area contributed by atoms with Crippen molar-refractivity contribution in [2.75, 3.05) is 0 Å². The minimum atomic E-state index is -0.493. The number of carbonyl (C=O) groups excluding carboxylic acids is 2.